The summed E-state index contributed by atoms with van der Waals surface area (Å²) in [6, 6.07) is 16.7. The maximum Gasteiger partial charge on any atom is 0.248 e. The van der Waals surface area contributed by atoms with Crippen LogP contribution in [-0.4, -0.2) is 5.91 Å². The Morgan fingerprint density at radius 1 is 0.962 bits per heavy atom. The first-order valence-electron chi connectivity index (χ1n) is 10.1. The summed E-state index contributed by atoms with van der Waals surface area (Å²) in [5.41, 5.74) is 10.1. The van der Waals surface area contributed by atoms with Crippen LogP contribution in [0.2, 0.25) is 0 Å². The van der Waals surface area contributed by atoms with Crippen molar-refractivity contribution in [3.05, 3.63) is 59.7 Å². The molecule has 138 valence electrons. The van der Waals surface area contributed by atoms with Gasteiger partial charge in [0.25, 0.3) is 0 Å². The summed E-state index contributed by atoms with van der Waals surface area (Å²) in [5, 5.41) is 0. The normalized spacial score (nSPS) is 17.6. The molecule has 3 rings (SSSR count). The molecule has 0 saturated heterocycles. The molecule has 1 atom stereocenters. The maximum atomic E-state index is 11.2. The number of hydrogen-bond donors (Lipinski definition) is 1. The fraction of sp³-hybridized carbons (Fsp3) is 0.458. The second-order valence-electron chi connectivity index (χ2n) is 7.93. The van der Waals surface area contributed by atoms with Crippen molar-refractivity contribution < 1.29 is 4.79 Å². The van der Waals surface area contributed by atoms with E-state index in [1.807, 2.05) is 12.1 Å². The third-order valence-electron chi connectivity index (χ3n) is 6.37. The van der Waals surface area contributed by atoms with E-state index in [1.165, 1.54) is 56.1 Å². The lowest BCUT2D eigenvalue weighted by molar-refractivity contribution is 0.100. The van der Waals surface area contributed by atoms with Gasteiger partial charge in [0, 0.05) is 5.56 Å². The Hall–Kier alpha value is -2.09. The van der Waals surface area contributed by atoms with E-state index in [0.29, 0.717) is 11.0 Å². The van der Waals surface area contributed by atoms with E-state index < -0.39 is 0 Å². The van der Waals surface area contributed by atoms with Gasteiger partial charge in [0.1, 0.15) is 0 Å². The van der Waals surface area contributed by atoms with Crippen molar-refractivity contribution in [2.45, 2.75) is 64.2 Å². The summed E-state index contributed by atoms with van der Waals surface area (Å²) in [7, 11) is 0. The van der Waals surface area contributed by atoms with Gasteiger partial charge in [-0.25, -0.2) is 0 Å². The van der Waals surface area contributed by atoms with E-state index in [2.05, 4.69) is 38.1 Å². The molecule has 1 saturated carbocycles. The lowest BCUT2D eigenvalue weighted by Gasteiger charge is -2.43. The van der Waals surface area contributed by atoms with Crippen molar-refractivity contribution in [3.63, 3.8) is 0 Å². The van der Waals surface area contributed by atoms with Crippen LogP contribution in [0, 0.1) is 5.92 Å². The van der Waals surface area contributed by atoms with Gasteiger partial charge in [-0.15, -0.1) is 0 Å². The largest absolute Gasteiger partial charge is 0.366 e. The van der Waals surface area contributed by atoms with Gasteiger partial charge in [0.2, 0.25) is 5.91 Å². The zero-order chi connectivity index (χ0) is 18.6. The Morgan fingerprint density at radius 3 is 2.00 bits per heavy atom. The zero-order valence-electron chi connectivity index (χ0n) is 16.1. The summed E-state index contributed by atoms with van der Waals surface area (Å²) in [6.45, 7) is 4.75. The number of carbonyl (C=O) groups is 1. The molecule has 2 heteroatoms. The smallest absolute Gasteiger partial charge is 0.248 e. The molecule has 0 aliphatic heterocycles. The van der Waals surface area contributed by atoms with Gasteiger partial charge < -0.3 is 5.73 Å². The third-order valence-corrected chi connectivity index (χ3v) is 6.37. The van der Waals surface area contributed by atoms with Crippen molar-refractivity contribution in [2.75, 3.05) is 0 Å². The molecule has 0 spiro atoms. The fourth-order valence-corrected chi connectivity index (χ4v) is 4.78. The second-order valence-corrected chi connectivity index (χ2v) is 7.93. The molecule has 0 radical (unpaired) electrons. The molecule has 2 N–H and O–H groups in total. The van der Waals surface area contributed by atoms with E-state index in [-0.39, 0.29) is 5.91 Å². The molecule has 1 unspecified atom stereocenters. The molecule has 1 amide bonds. The quantitative estimate of drug-likeness (QED) is 0.673. The highest BCUT2D eigenvalue weighted by Gasteiger charge is 2.38. The Bertz CT molecular complexity index is 724. The standard InChI is InChI=1S/C24H31NO/c1-3-7-18(2)24(16-5-4-6-17-24)22-14-12-20(13-15-22)19-8-10-21(11-9-19)23(25)26/h8-15,18H,3-7,16-17H2,1-2H3,(H2,25,26). The lowest BCUT2D eigenvalue weighted by Crippen LogP contribution is -2.36. The molecule has 2 aromatic rings. The number of rotatable bonds is 6. The van der Waals surface area contributed by atoms with E-state index in [1.54, 1.807) is 12.1 Å². The highest BCUT2D eigenvalue weighted by atomic mass is 16.1. The lowest BCUT2D eigenvalue weighted by atomic mass is 9.61. The van der Waals surface area contributed by atoms with Crippen LogP contribution >= 0.6 is 0 Å². The molecule has 1 fully saturated rings. The molecule has 2 nitrogen and oxygen atoms in total. The average Bonchev–Trinajstić information content (AvgIpc) is 2.69. The second kappa shape index (κ2) is 8.07. The average molecular weight is 350 g/mol. The summed E-state index contributed by atoms with van der Waals surface area (Å²) < 4.78 is 0. The van der Waals surface area contributed by atoms with E-state index in [9.17, 15) is 4.79 Å². The Morgan fingerprint density at radius 2 is 1.50 bits per heavy atom. The Balaban J connectivity index is 1.88. The van der Waals surface area contributed by atoms with Crippen LogP contribution in [0.1, 0.15) is 74.7 Å². The molecule has 26 heavy (non-hydrogen) atoms. The minimum atomic E-state index is -0.379. The molecule has 2 aromatic carbocycles. The molecular formula is C24H31NO. The predicted octanol–water partition coefficient (Wildman–Crippen LogP) is 6.09. The van der Waals surface area contributed by atoms with Crippen LogP contribution in [0.3, 0.4) is 0 Å². The number of amides is 1. The first-order chi connectivity index (χ1) is 12.6. The van der Waals surface area contributed by atoms with Gasteiger partial charge in [-0.3, -0.25) is 4.79 Å². The van der Waals surface area contributed by atoms with Gasteiger partial charge >= 0.3 is 0 Å². The monoisotopic (exact) mass is 349 g/mol. The van der Waals surface area contributed by atoms with E-state index in [4.69, 9.17) is 5.73 Å². The van der Waals surface area contributed by atoms with Crippen LogP contribution in [0.5, 0.6) is 0 Å². The highest BCUT2D eigenvalue weighted by molar-refractivity contribution is 5.93. The molecule has 1 aliphatic carbocycles. The number of nitrogens with two attached hydrogens (primary N) is 1. The van der Waals surface area contributed by atoms with Gasteiger partial charge in [-0.2, -0.15) is 0 Å². The first-order valence-corrected chi connectivity index (χ1v) is 10.1. The molecule has 0 heterocycles. The van der Waals surface area contributed by atoms with Crippen LogP contribution in [-0.2, 0) is 5.41 Å². The van der Waals surface area contributed by atoms with Crippen molar-refractivity contribution in [1.29, 1.82) is 0 Å². The SMILES string of the molecule is CCCC(C)C1(c2ccc(-c3ccc(C(N)=O)cc3)cc2)CCCCC1. The van der Waals surface area contributed by atoms with Crippen LogP contribution in [0.4, 0.5) is 0 Å². The molecule has 0 bridgehead atoms. The first kappa shape index (κ1) is 18.7. The topological polar surface area (TPSA) is 43.1 Å². The summed E-state index contributed by atoms with van der Waals surface area (Å²) in [5.74, 6) is 0.351. The van der Waals surface area contributed by atoms with Gasteiger partial charge in [-0.05, 0) is 53.0 Å². The minimum absolute atomic E-state index is 0.350. The molecular weight excluding hydrogens is 318 g/mol. The van der Waals surface area contributed by atoms with Crippen LogP contribution < -0.4 is 5.73 Å². The number of hydrogen-bond acceptors (Lipinski definition) is 1. The summed E-state index contributed by atoms with van der Waals surface area (Å²) in [4.78, 5) is 11.2. The van der Waals surface area contributed by atoms with Gasteiger partial charge in [-0.1, -0.05) is 82.3 Å². The summed E-state index contributed by atoms with van der Waals surface area (Å²) in [6.07, 6.45) is 9.28. The van der Waals surface area contributed by atoms with Gasteiger partial charge in [0.05, 0.1) is 0 Å². The van der Waals surface area contributed by atoms with Crippen molar-refractivity contribution >= 4 is 5.91 Å². The van der Waals surface area contributed by atoms with Crippen molar-refractivity contribution in [1.82, 2.24) is 0 Å². The fourth-order valence-electron chi connectivity index (χ4n) is 4.78. The van der Waals surface area contributed by atoms with Crippen LogP contribution in [0.25, 0.3) is 11.1 Å². The highest BCUT2D eigenvalue weighted by Crippen LogP contribution is 2.47. The zero-order valence-corrected chi connectivity index (χ0v) is 16.1. The Kier molecular flexibility index (Phi) is 5.80. The van der Waals surface area contributed by atoms with Crippen LogP contribution in [0.15, 0.2) is 48.5 Å². The third kappa shape index (κ3) is 3.70. The maximum absolute atomic E-state index is 11.2. The minimum Gasteiger partial charge on any atom is -0.366 e. The number of primary amides is 1. The Labute approximate surface area is 157 Å². The van der Waals surface area contributed by atoms with Gasteiger partial charge in [0.15, 0.2) is 0 Å². The number of carbonyl (C=O) groups excluding carboxylic acids is 1. The predicted molar refractivity (Wildman–Crippen MR) is 109 cm³/mol. The van der Waals surface area contributed by atoms with E-state index in [0.717, 1.165) is 11.5 Å². The van der Waals surface area contributed by atoms with Crippen molar-refractivity contribution in [2.24, 2.45) is 11.7 Å². The molecule has 1 aliphatic rings. The number of benzene rings is 2. The van der Waals surface area contributed by atoms with E-state index >= 15 is 0 Å². The van der Waals surface area contributed by atoms with Crippen molar-refractivity contribution in [3.8, 4) is 11.1 Å². The molecule has 0 aromatic heterocycles. The summed E-state index contributed by atoms with van der Waals surface area (Å²) >= 11 is 0.